The highest BCUT2D eigenvalue weighted by atomic mass is 32.2. The summed E-state index contributed by atoms with van der Waals surface area (Å²) in [5.74, 6) is -0.769. The Hall–Kier alpha value is -2.41. The van der Waals surface area contributed by atoms with Crippen LogP contribution >= 0.6 is 0 Å². The third-order valence-electron chi connectivity index (χ3n) is 4.05. The molecule has 0 fully saturated rings. The van der Waals surface area contributed by atoms with Crippen molar-refractivity contribution in [2.45, 2.75) is 24.7 Å². The zero-order chi connectivity index (χ0) is 17.5. The molecule has 0 saturated carbocycles. The average Bonchev–Trinajstić information content (AvgIpc) is 2.53. The summed E-state index contributed by atoms with van der Waals surface area (Å²) in [5, 5.41) is 0. The molecule has 0 spiro atoms. The molecule has 3 rings (SSSR count). The molecule has 0 aliphatic carbocycles. The van der Waals surface area contributed by atoms with Gasteiger partial charge in [-0.25, -0.2) is 12.8 Å². The molecule has 0 atom stereocenters. The molecule has 0 unspecified atom stereocenters. The fraction of sp³-hybridized carbons (Fsp3) is 0.235. The molecule has 2 aromatic rings. The molecule has 2 aromatic carbocycles. The second-order valence-electron chi connectivity index (χ2n) is 5.84. The molecule has 1 aliphatic heterocycles. The van der Waals surface area contributed by atoms with Gasteiger partial charge < -0.3 is 4.90 Å². The van der Waals surface area contributed by atoms with E-state index in [1.807, 2.05) is 0 Å². The smallest absolute Gasteiger partial charge is 0.264 e. The van der Waals surface area contributed by atoms with Crippen LogP contribution in [0, 0.1) is 12.7 Å². The van der Waals surface area contributed by atoms with Crippen molar-refractivity contribution in [1.29, 1.82) is 0 Å². The Balaban J connectivity index is 1.94. The van der Waals surface area contributed by atoms with Gasteiger partial charge in [0.15, 0.2) is 0 Å². The summed E-state index contributed by atoms with van der Waals surface area (Å²) in [7, 11) is -2.34. The summed E-state index contributed by atoms with van der Waals surface area (Å²) in [6, 6.07) is 8.89. The topological polar surface area (TPSA) is 66.5 Å². The lowest BCUT2D eigenvalue weighted by molar-refractivity contribution is -0.118. The van der Waals surface area contributed by atoms with Gasteiger partial charge in [-0.1, -0.05) is 6.07 Å². The number of carbonyl (C=O) groups excluding carboxylic acids is 1. The SMILES string of the molecule is Cc1ccc(F)c(S(=O)(=O)Nc2ccc3c(c2)CCC(=O)N3C)c1. The molecular weight excluding hydrogens is 331 g/mol. The maximum Gasteiger partial charge on any atom is 0.264 e. The Bertz CT molecular complexity index is 925. The molecule has 5 nitrogen and oxygen atoms in total. The van der Waals surface area contributed by atoms with E-state index >= 15 is 0 Å². The minimum atomic E-state index is -4.02. The van der Waals surface area contributed by atoms with E-state index in [2.05, 4.69) is 4.72 Å². The van der Waals surface area contributed by atoms with Gasteiger partial charge in [-0.15, -0.1) is 0 Å². The molecule has 1 amide bonds. The van der Waals surface area contributed by atoms with Crippen LogP contribution < -0.4 is 9.62 Å². The van der Waals surface area contributed by atoms with Gasteiger partial charge in [0.05, 0.1) is 0 Å². The number of anilines is 2. The van der Waals surface area contributed by atoms with Crippen molar-refractivity contribution in [3.8, 4) is 0 Å². The van der Waals surface area contributed by atoms with E-state index in [0.29, 0.717) is 24.1 Å². The zero-order valence-electron chi connectivity index (χ0n) is 13.3. The summed E-state index contributed by atoms with van der Waals surface area (Å²) in [6.07, 6.45) is 0.930. The lowest BCUT2D eigenvalue weighted by atomic mass is 10.0. The number of rotatable bonds is 3. The van der Waals surface area contributed by atoms with E-state index in [1.54, 1.807) is 37.1 Å². The molecule has 0 radical (unpaired) electrons. The van der Waals surface area contributed by atoms with Crippen LogP contribution in [0.4, 0.5) is 15.8 Å². The van der Waals surface area contributed by atoms with Crippen LogP contribution in [0.3, 0.4) is 0 Å². The number of hydrogen-bond donors (Lipinski definition) is 1. The maximum absolute atomic E-state index is 13.9. The molecule has 0 saturated heterocycles. The average molecular weight is 348 g/mol. The van der Waals surface area contributed by atoms with E-state index in [0.717, 1.165) is 17.3 Å². The van der Waals surface area contributed by atoms with Crippen molar-refractivity contribution in [2.75, 3.05) is 16.7 Å². The van der Waals surface area contributed by atoms with Crippen LogP contribution in [0.25, 0.3) is 0 Å². The van der Waals surface area contributed by atoms with E-state index < -0.39 is 15.8 Å². The van der Waals surface area contributed by atoms with Crippen LogP contribution in [-0.4, -0.2) is 21.4 Å². The summed E-state index contributed by atoms with van der Waals surface area (Å²) in [4.78, 5) is 12.9. The number of carbonyl (C=O) groups is 1. The Morgan fingerprint density at radius 3 is 2.62 bits per heavy atom. The summed E-state index contributed by atoms with van der Waals surface area (Å²) < 4.78 is 41.2. The van der Waals surface area contributed by atoms with Crippen LogP contribution in [0.1, 0.15) is 17.5 Å². The number of halogens is 1. The predicted molar refractivity (Wildman–Crippen MR) is 90.1 cm³/mol. The van der Waals surface area contributed by atoms with Crippen molar-refractivity contribution >= 4 is 27.3 Å². The second-order valence-corrected chi connectivity index (χ2v) is 7.49. The molecule has 1 N–H and O–H groups in total. The summed E-state index contributed by atoms with van der Waals surface area (Å²) in [6.45, 7) is 1.70. The highest BCUT2D eigenvalue weighted by molar-refractivity contribution is 7.92. The molecule has 126 valence electrons. The van der Waals surface area contributed by atoms with Gasteiger partial charge in [-0.2, -0.15) is 0 Å². The van der Waals surface area contributed by atoms with Crippen molar-refractivity contribution in [1.82, 2.24) is 0 Å². The van der Waals surface area contributed by atoms with Gasteiger partial charge in [0.1, 0.15) is 10.7 Å². The number of fused-ring (bicyclic) bond motifs is 1. The molecule has 24 heavy (non-hydrogen) atoms. The summed E-state index contributed by atoms with van der Waals surface area (Å²) >= 11 is 0. The number of hydrogen-bond acceptors (Lipinski definition) is 3. The van der Waals surface area contributed by atoms with Gasteiger partial charge in [-0.05, 0) is 54.8 Å². The zero-order valence-corrected chi connectivity index (χ0v) is 14.2. The fourth-order valence-corrected chi connectivity index (χ4v) is 3.96. The van der Waals surface area contributed by atoms with E-state index in [1.165, 1.54) is 12.1 Å². The number of aryl methyl sites for hydroxylation is 2. The molecule has 7 heteroatoms. The highest BCUT2D eigenvalue weighted by Crippen LogP contribution is 2.30. The van der Waals surface area contributed by atoms with E-state index in [4.69, 9.17) is 0 Å². The highest BCUT2D eigenvalue weighted by Gasteiger charge is 2.23. The second kappa shape index (κ2) is 5.90. The van der Waals surface area contributed by atoms with Crippen molar-refractivity contribution < 1.29 is 17.6 Å². The minimum Gasteiger partial charge on any atom is -0.315 e. The monoisotopic (exact) mass is 348 g/mol. The Kier molecular flexibility index (Phi) is 4.04. The predicted octanol–water partition coefficient (Wildman–Crippen LogP) is 2.84. The van der Waals surface area contributed by atoms with Crippen molar-refractivity contribution in [3.05, 3.63) is 53.3 Å². The largest absolute Gasteiger partial charge is 0.315 e. The molecular formula is C17H17FN2O3S. The number of sulfonamides is 1. The van der Waals surface area contributed by atoms with E-state index in [-0.39, 0.29) is 10.8 Å². The first-order valence-corrected chi connectivity index (χ1v) is 8.95. The van der Waals surface area contributed by atoms with Crippen molar-refractivity contribution in [2.24, 2.45) is 0 Å². The van der Waals surface area contributed by atoms with Gasteiger partial charge in [-0.3, -0.25) is 9.52 Å². The first-order valence-electron chi connectivity index (χ1n) is 7.46. The third-order valence-corrected chi connectivity index (χ3v) is 5.45. The lowest BCUT2D eigenvalue weighted by Gasteiger charge is -2.26. The first-order chi connectivity index (χ1) is 11.3. The van der Waals surface area contributed by atoms with Gasteiger partial charge in [0.25, 0.3) is 10.0 Å². The number of nitrogens with one attached hydrogen (secondary N) is 1. The van der Waals surface area contributed by atoms with Crippen LogP contribution in [0.2, 0.25) is 0 Å². The number of benzene rings is 2. The van der Waals surface area contributed by atoms with E-state index in [9.17, 15) is 17.6 Å². The Morgan fingerprint density at radius 1 is 1.12 bits per heavy atom. The number of amides is 1. The normalized spacial score (nSPS) is 14.5. The maximum atomic E-state index is 13.9. The molecule has 1 aliphatic rings. The standard InChI is InChI=1S/C17H17FN2O3S/c1-11-3-6-14(18)16(9-11)24(22,23)19-13-5-7-15-12(10-13)4-8-17(21)20(15)2/h3,5-7,9-10,19H,4,8H2,1-2H3. The number of nitrogens with zero attached hydrogens (tertiary/aromatic N) is 1. The van der Waals surface area contributed by atoms with Crippen LogP contribution in [-0.2, 0) is 21.2 Å². The molecule has 0 bridgehead atoms. The molecule has 1 heterocycles. The van der Waals surface area contributed by atoms with Gasteiger partial charge in [0, 0.05) is 24.8 Å². The third kappa shape index (κ3) is 2.99. The minimum absolute atomic E-state index is 0.0256. The Labute approximate surface area is 140 Å². The van der Waals surface area contributed by atoms with Gasteiger partial charge in [0.2, 0.25) is 5.91 Å². The molecule has 0 aromatic heterocycles. The Morgan fingerprint density at radius 2 is 1.88 bits per heavy atom. The van der Waals surface area contributed by atoms with Crippen molar-refractivity contribution in [3.63, 3.8) is 0 Å². The summed E-state index contributed by atoms with van der Waals surface area (Å²) in [5.41, 5.74) is 2.64. The van der Waals surface area contributed by atoms with Gasteiger partial charge >= 0.3 is 0 Å². The lowest BCUT2D eigenvalue weighted by Crippen LogP contribution is -2.31. The first kappa shape index (κ1) is 16.4. The fourth-order valence-electron chi connectivity index (χ4n) is 2.75. The van der Waals surface area contributed by atoms with Crippen LogP contribution in [0.15, 0.2) is 41.3 Å². The quantitative estimate of drug-likeness (QED) is 0.927. The van der Waals surface area contributed by atoms with Crippen LogP contribution in [0.5, 0.6) is 0 Å².